The number of aryl methyl sites for hydroxylation is 2. The summed E-state index contributed by atoms with van der Waals surface area (Å²) in [5.74, 6) is 3.87. The summed E-state index contributed by atoms with van der Waals surface area (Å²) in [5.41, 5.74) is 6.19. The van der Waals surface area contributed by atoms with E-state index >= 15 is 0 Å². The molecule has 5 aromatic rings. The number of hydrogen-bond acceptors (Lipinski definition) is 8. The van der Waals surface area contributed by atoms with E-state index in [1.807, 2.05) is 12.1 Å². The van der Waals surface area contributed by atoms with Crippen molar-refractivity contribution < 1.29 is 18.3 Å². The summed E-state index contributed by atoms with van der Waals surface area (Å²) in [6.07, 6.45) is 76.9. The maximum atomic E-state index is 6.75. The van der Waals surface area contributed by atoms with E-state index in [1.54, 1.807) is 0 Å². The van der Waals surface area contributed by atoms with Gasteiger partial charge < -0.3 is 18.3 Å². The maximum Gasteiger partial charge on any atom is 0.248 e. The summed E-state index contributed by atoms with van der Waals surface area (Å²) in [6, 6.07) is 21.1. The summed E-state index contributed by atoms with van der Waals surface area (Å²) in [4.78, 5) is 0. The Balaban J connectivity index is 1.24. The van der Waals surface area contributed by atoms with E-state index in [9.17, 15) is 0 Å². The van der Waals surface area contributed by atoms with Gasteiger partial charge in [0.15, 0.2) is 0 Å². The molecule has 0 atom stereocenters. The van der Waals surface area contributed by atoms with Crippen molar-refractivity contribution in [1.82, 2.24) is 20.4 Å². The Morgan fingerprint density at radius 2 is 0.468 bits per heavy atom. The van der Waals surface area contributed by atoms with Crippen LogP contribution in [-0.4, -0.2) is 33.6 Å². The molecule has 0 fully saturated rings. The molecule has 0 spiro atoms. The van der Waals surface area contributed by atoms with Gasteiger partial charge in [-0.15, -0.1) is 20.4 Å². The molecule has 5 rings (SSSR count). The molecule has 0 amide bonds. The average molecular weight is 1300 g/mol. The molecule has 0 unspecified atom stereocenters. The summed E-state index contributed by atoms with van der Waals surface area (Å²) in [7, 11) is 0. The normalized spacial score (nSPS) is 11.6. The molecule has 2 heterocycles. The molecule has 8 nitrogen and oxygen atoms in total. The summed E-state index contributed by atoms with van der Waals surface area (Å²) >= 11 is 0. The smallest absolute Gasteiger partial charge is 0.248 e. The highest BCUT2D eigenvalue weighted by molar-refractivity contribution is 5.71. The van der Waals surface area contributed by atoms with Crippen LogP contribution in [0.15, 0.2) is 69.5 Å². The van der Waals surface area contributed by atoms with Gasteiger partial charge in [-0.3, -0.25) is 0 Å². The third-order valence-electron chi connectivity index (χ3n) is 19.9. The highest BCUT2D eigenvalue weighted by Gasteiger charge is 2.22. The zero-order valence-electron chi connectivity index (χ0n) is 61.6. The lowest BCUT2D eigenvalue weighted by Crippen LogP contribution is -1.99. The SMILES string of the molecule is CCCCCCCCCCCCCCCCOc1cccc(-c2nnc(-c3cc(CCCCCCCCCCCCCCCC)c(-c4nnc(-c5cccc(OCCCCCCCCCCCCCCCC)c5)o4)cc3CCCCCCCCCCCCCCCC)o2)c1. The minimum atomic E-state index is 0.518. The Morgan fingerprint density at radius 3 is 0.723 bits per heavy atom. The van der Waals surface area contributed by atoms with Crippen molar-refractivity contribution in [3.05, 3.63) is 71.8 Å². The number of ether oxygens (including phenoxy) is 2. The van der Waals surface area contributed by atoms with Crippen LogP contribution in [0.25, 0.3) is 45.8 Å². The second-order valence-corrected chi connectivity index (χ2v) is 28.6. The van der Waals surface area contributed by atoms with Crippen molar-refractivity contribution >= 4 is 0 Å². The molecule has 8 heteroatoms. The van der Waals surface area contributed by atoms with Crippen LogP contribution >= 0.6 is 0 Å². The van der Waals surface area contributed by atoms with Gasteiger partial charge in [-0.2, -0.15) is 0 Å². The molecule has 0 N–H and O–H groups in total. The van der Waals surface area contributed by atoms with Crippen molar-refractivity contribution in [1.29, 1.82) is 0 Å². The zero-order chi connectivity index (χ0) is 66.1. The topological polar surface area (TPSA) is 96.3 Å². The van der Waals surface area contributed by atoms with Gasteiger partial charge in [0.05, 0.1) is 13.2 Å². The van der Waals surface area contributed by atoms with Crippen molar-refractivity contribution in [3.8, 4) is 57.3 Å². The monoisotopic (exact) mass is 1300 g/mol. The molecule has 0 aliphatic carbocycles. The summed E-state index contributed by atoms with van der Waals surface area (Å²) in [5, 5.41) is 19.1. The molecule has 0 radical (unpaired) electrons. The Labute approximate surface area is 578 Å². The highest BCUT2D eigenvalue weighted by atomic mass is 16.5. The van der Waals surface area contributed by atoms with Gasteiger partial charge in [0.2, 0.25) is 23.6 Å². The fraction of sp³-hybridized carbons (Fsp3) is 0.744. The van der Waals surface area contributed by atoms with Crippen LogP contribution in [0.5, 0.6) is 11.5 Å². The first-order valence-corrected chi connectivity index (χ1v) is 40.9. The van der Waals surface area contributed by atoms with Crippen molar-refractivity contribution in [2.75, 3.05) is 13.2 Å². The molecule has 0 saturated heterocycles. The molecule has 3 aromatic carbocycles. The van der Waals surface area contributed by atoms with Crippen LogP contribution in [0.1, 0.15) is 398 Å². The second kappa shape index (κ2) is 56.5. The van der Waals surface area contributed by atoms with Crippen LogP contribution in [0, 0.1) is 0 Å². The van der Waals surface area contributed by atoms with Crippen LogP contribution < -0.4 is 9.47 Å². The third kappa shape index (κ3) is 37.9. The van der Waals surface area contributed by atoms with Gasteiger partial charge in [0.25, 0.3) is 0 Å². The fourth-order valence-electron chi connectivity index (χ4n) is 13.8. The van der Waals surface area contributed by atoms with E-state index in [0.717, 1.165) is 85.5 Å². The van der Waals surface area contributed by atoms with E-state index in [2.05, 4.69) is 76.2 Å². The molecule has 0 aliphatic rings. The number of hydrogen-bond donors (Lipinski definition) is 0. The first-order valence-electron chi connectivity index (χ1n) is 40.9. The van der Waals surface area contributed by atoms with Crippen LogP contribution in [0.2, 0.25) is 0 Å². The Morgan fingerprint density at radius 1 is 0.245 bits per heavy atom. The lowest BCUT2D eigenvalue weighted by Gasteiger charge is -2.14. The van der Waals surface area contributed by atoms with E-state index in [1.165, 1.54) is 345 Å². The van der Waals surface area contributed by atoms with Gasteiger partial charge in [-0.05, 0) is 98.2 Å². The van der Waals surface area contributed by atoms with E-state index in [4.69, 9.17) is 38.7 Å². The van der Waals surface area contributed by atoms with Crippen molar-refractivity contribution in [2.45, 2.75) is 400 Å². The summed E-state index contributed by atoms with van der Waals surface area (Å²) < 4.78 is 26.2. The molecule has 2 aromatic heterocycles. The van der Waals surface area contributed by atoms with E-state index < -0.39 is 0 Å². The minimum Gasteiger partial charge on any atom is -0.494 e. The van der Waals surface area contributed by atoms with Crippen LogP contribution in [0.3, 0.4) is 0 Å². The van der Waals surface area contributed by atoms with Gasteiger partial charge in [-0.1, -0.05) is 374 Å². The molecular weight excluding hydrogens is 1150 g/mol. The standard InChI is InChI=1S/C86H142N4O4/c1-5-9-13-17-21-25-29-33-37-41-45-49-53-57-63-75-73-82(86-90-88-84(94-86)78-66-62-68-80(72-78)92-70-60-56-52-48-44-40-36-32-28-24-20-16-12-8-4)76(64-58-54-50-46-42-38-34-30-26-22-18-14-10-6-2)74-81(75)85-89-87-83(93-85)77-65-61-67-79(71-77)91-69-59-55-51-47-43-39-35-31-27-23-19-15-11-7-3/h61-62,65-68,71-74H,5-60,63-64,69-70H2,1-4H3. The average Bonchev–Trinajstić information content (AvgIpc) is 1.48. The predicted molar refractivity (Wildman–Crippen MR) is 404 cm³/mol. The first-order chi connectivity index (χ1) is 46.6. The second-order valence-electron chi connectivity index (χ2n) is 28.6. The zero-order valence-corrected chi connectivity index (χ0v) is 61.6. The Bertz CT molecular complexity index is 2340. The van der Waals surface area contributed by atoms with Gasteiger partial charge in [0, 0.05) is 22.3 Å². The quantitative estimate of drug-likeness (QED) is 0.0355. The lowest BCUT2D eigenvalue weighted by molar-refractivity contribution is 0.304. The molecule has 0 saturated carbocycles. The lowest BCUT2D eigenvalue weighted by atomic mass is 9.91. The number of nitrogens with zero attached hydrogens (tertiary/aromatic N) is 4. The maximum absolute atomic E-state index is 6.75. The molecule has 94 heavy (non-hydrogen) atoms. The Kier molecular flexibility index (Phi) is 48.3. The molecule has 0 aliphatic heterocycles. The van der Waals surface area contributed by atoms with Gasteiger partial charge >= 0.3 is 0 Å². The largest absolute Gasteiger partial charge is 0.494 e. The van der Waals surface area contributed by atoms with Crippen LogP contribution in [-0.2, 0) is 12.8 Å². The molecular formula is C86H142N4O4. The Hall–Kier alpha value is -4.46. The van der Waals surface area contributed by atoms with E-state index in [-0.39, 0.29) is 0 Å². The van der Waals surface area contributed by atoms with E-state index in [0.29, 0.717) is 23.6 Å². The number of rotatable bonds is 66. The van der Waals surface area contributed by atoms with Crippen molar-refractivity contribution in [2.24, 2.45) is 0 Å². The summed E-state index contributed by atoms with van der Waals surface area (Å²) in [6.45, 7) is 10.6. The van der Waals surface area contributed by atoms with Crippen molar-refractivity contribution in [3.63, 3.8) is 0 Å². The van der Waals surface area contributed by atoms with Gasteiger partial charge in [-0.25, -0.2) is 0 Å². The predicted octanol–water partition coefficient (Wildman–Crippen LogP) is 28.9. The first kappa shape index (κ1) is 80.2. The van der Waals surface area contributed by atoms with Crippen LogP contribution in [0.4, 0.5) is 0 Å². The van der Waals surface area contributed by atoms with Gasteiger partial charge in [0.1, 0.15) is 11.5 Å². The fourth-order valence-corrected chi connectivity index (χ4v) is 13.8. The highest BCUT2D eigenvalue weighted by Crippen LogP contribution is 2.37. The number of benzene rings is 3. The molecule has 530 valence electrons. The number of aromatic nitrogens is 4. The number of unbranched alkanes of at least 4 members (excludes halogenated alkanes) is 52. The molecule has 0 bridgehead atoms. The third-order valence-corrected chi connectivity index (χ3v) is 19.9. The minimum absolute atomic E-state index is 0.518.